The van der Waals surface area contributed by atoms with Gasteiger partial charge in [-0.2, -0.15) is 0 Å². The standard InChI is InChI=1S/C18H33N5S/c1-5-16-13-21-17(24-16)9-10-20-18(19-4)22-12-15(3)23-11-7-6-8-14(23)2/h13-15H,5-12H2,1-4H3,(H2,19,20,22). The summed E-state index contributed by atoms with van der Waals surface area (Å²) in [5, 5.41) is 8.07. The third-order valence-electron chi connectivity index (χ3n) is 4.79. The molecular formula is C18H33N5S. The highest BCUT2D eigenvalue weighted by molar-refractivity contribution is 7.11. The molecule has 2 atom stereocenters. The molecule has 2 rings (SSSR count). The highest BCUT2D eigenvalue weighted by Gasteiger charge is 2.22. The van der Waals surface area contributed by atoms with Crippen molar-refractivity contribution in [2.45, 2.75) is 65.0 Å². The van der Waals surface area contributed by atoms with Crippen LogP contribution in [0.4, 0.5) is 0 Å². The maximum atomic E-state index is 4.46. The van der Waals surface area contributed by atoms with Gasteiger partial charge < -0.3 is 10.6 Å². The van der Waals surface area contributed by atoms with Crippen LogP contribution in [0.2, 0.25) is 0 Å². The maximum Gasteiger partial charge on any atom is 0.191 e. The zero-order valence-corrected chi connectivity index (χ0v) is 16.5. The number of nitrogens with zero attached hydrogens (tertiary/aromatic N) is 3. The van der Waals surface area contributed by atoms with E-state index in [-0.39, 0.29) is 0 Å². The first-order valence-corrected chi connectivity index (χ1v) is 10.1. The van der Waals surface area contributed by atoms with Crippen molar-refractivity contribution in [1.29, 1.82) is 0 Å². The number of aromatic nitrogens is 1. The second kappa shape index (κ2) is 9.99. The van der Waals surface area contributed by atoms with Crippen molar-refractivity contribution >= 4 is 17.3 Å². The predicted molar refractivity (Wildman–Crippen MR) is 104 cm³/mol. The number of aryl methyl sites for hydroxylation is 1. The van der Waals surface area contributed by atoms with E-state index in [0.717, 1.165) is 31.9 Å². The number of guanidine groups is 1. The quantitative estimate of drug-likeness (QED) is 0.586. The zero-order valence-electron chi connectivity index (χ0n) is 15.6. The fraction of sp³-hybridized carbons (Fsp3) is 0.778. The molecule has 1 fully saturated rings. The molecule has 5 nitrogen and oxygen atoms in total. The largest absolute Gasteiger partial charge is 0.356 e. The van der Waals surface area contributed by atoms with Crippen LogP contribution in [0.5, 0.6) is 0 Å². The molecule has 2 heterocycles. The Bertz CT molecular complexity index is 513. The van der Waals surface area contributed by atoms with Gasteiger partial charge in [0.05, 0.1) is 5.01 Å². The number of aliphatic imine (C=N–C) groups is 1. The fourth-order valence-electron chi connectivity index (χ4n) is 3.27. The first-order valence-electron chi connectivity index (χ1n) is 9.27. The lowest BCUT2D eigenvalue weighted by molar-refractivity contribution is 0.115. The van der Waals surface area contributed by atoms with Crippen LogP contribution in [-0.2, 0) is 12.8 Å². The average molecular weight is 352 g/mol. The van der Waals surface area contributed by atoms with Crippen molar-refractivity contribution in [3.63, 3.8) is 0 Å². The van der Waals surface area contributed by atoms with Crippen molar-refractivity contribution in [2.24, 2.45) is 4.99 Å². The van der Waals surface area contributed by atoms with Crippen LogP contribution in [0.1, 0.15) is 49.9 Å². The highest BCUT2D eigenvalue weighted by atomic mass is 32.1. The molecule has 0 radical (unpaired) electrons. The van der Waals surface area contributed by atoms with Gasteiger partial charge in [0.15, 0.2) is 5.96 Å². The zero-order chi connectivity index (χ0) is 17.4. The molecule has 24 heavy (non-hydrogen) atoms. The van der Waals surface area contributed by atoms with Crippen LogP contribution in [0.3, 0.4) is 0 Å². The monoisotopic (exact) mass is 351 g/mol. The van der Waals surface area contributed by atoms with Crippen LogP contribution >= 0.6 is 11.3 Å². The average Bonchev–Trinajstić information content (AvgIpc) is 3.06. The molecule has 1 saturated heterocycles. The van der Waals surface area contributed by atoms with Crippen LogP contribution < -0.4 is 10.6 Å². The van der Waals surface area contributed by atoms with E-state index in [4.69, 9.17) is 0 Å². The molecule has 1 aliphatic rings. The van der Waals surface area contributed by atoms with Crippen molar-refractivity contribution in [3.05, 3.63) is 16.1 Å². The van der Waals surface area contributed by atoms with E-state index in [1.165, 1.54) is 35.7 Å². The fourth-order valence-corrected chi connectivity index (χ4v) is 4.13. The number of rotatable bonds is 7. The maximum absolute atomic E-state index is 4.46. The molecule has 1 aliphatic heterocycles. The smallest absolute Gasteiger partial charge is 0.191 e. The van der Waals surface area contributed by atoms with Gasteiger partial charge in [0.25, 0.3) is 0 Å². The summed E-state index contributed by atoms with van der Waals surface area (Å²) in [5.74, 6) is 0.888. The number of nitrogens with one attached hydrogen (secondary N) is 2. The predicted octanol–water partition coefficient (Wildman–Crippen LogP) is 2.68. The molecule has 1 aromatic heterocycles. The van der Waals surface area contributed by atoms with Gasteiger partial charge in [0, 0.05) is 49.7 Å². The van der Waals surface area contributed by atoms with Gasteiger partial charge >= 0.3 is 0 Å². The molecule has 0 amide bonds. The van der Waals surface area contributed by atoms with Crippen molar-refractivity contribution in [2.75, 3.05) is 26.7 Å². The minimum absolute atomic E-state index is 0.532. The van der Waals surface area contributed by atoms with Crippen LogP contribution in [0.15, 0.2) is 11.2 Å². The van der Waals surface area contributed by atoms with Gasteiger partial charge in [-0.15, -0.1) is 11.3 Å². The second-order valence-electron chi connectivity index (χ2n) is 6.64. The molecule has 0 bridgehead atoms. The van der Waals surface area contributed by atoms with Crippen LogP contribution in [-0.4, -0.2) is 54.6 Å². The molecule has 0 aliphatic carbocycles. The third kappa shape index (κ3) is 5.74. The summed E-state index contributed by atoms with van der Waals surface area (Å²) in [4.78, 5) is 12.8. The van der Waals surface area contributed by atoms with Gasteiger partial charge in [-0.3, -0.25) is 9.89 Å². The van der Waals surface area contributed by atoms with Gasteiger partial charge in [-0.25, -0.2) is 4.98 Å². The lowest BCUT2D eigenvalue weighted by Gasteiger charge is -2.38. The summed E-state index contributed by atoms with van der Waals surface area (Å²) >= 11 is 1.81. The Labute approximate surface area is 151 Å². The Morgan fingerprint density at radius 1 is 1.46 bits per heavy atom. The topological polar surface area (TPSA) is 52.6 Å². The van der Waals surface area contributed by atoms with E-state index in [1.54, 1.807) is 0 Å². The molecule has 2 N–H and O–H groups in total. The summed E-state index contributed by atoms with van der Waals surface area (Å²) in [7, 11) is 1.84. The SMILES string of the molecule is CCc1cnc(CCNC(=NC)NCC(C)N2CCCCC2C)s1. The Hall–Kier alpha value is -1.14. The normalized spacial score (nSPS) is 20.8. The summed E-state index contributed by atoms with van der Waals surface area (Å²) in [6.07, 6.45) is 8.04. The molecule has 0 saturated carbocycles. The van der Waals surface area contributed by atoms with E-state index in [0.29, 0.717) is 12.1 Å². The number of hydrogen-bond acceptors (Lipinski definition) is 4. The molecule has 0 spiro atoms. The van der Waals surface area contributed by atoms with Crippen LogP contribution in [0, 0.1) is 0 Å². The highest BCUT2D eigenvalue weighted by Crippen LogP contribution is 2.18. The molecule has 6 heteroatoms. The number of likely N-dealkylation sites (tertiary alicyclic amines) is 1. The van der Waals surface area contributed by atoms with Gasteiger partial charge in [0.2, 0.25) is 0 Å². The minimum atomic E-state index is 0.532. The molecular weight excluding hydrogens is 318 g/mol. The van der Waals surface area contributed by atoms with Gasteiger partial charge in [0.1, 0.15) is 0 Å². The van der Waals surface area contributed by atoms with E-state index in [9.17, 15) is 0 Å². The molecule has 0 aromatic carbocycles. The molecule has 136 valence electrons. The van der Waals surface area contributed by atoms with Crippen LogP contribution in [0.25, 0.3) is 0 Å². The Morgan fingerprint density at radius 2 is 2.29 bits per heavy atom. The molecule has 2 unspecified atom stereocenters. The Balaban J connectivity index is 1.69. The van der Waals surface area contributed by atoms with Crippen molar-refractivity contribution in [3.8, 4) is 0 Å². The second-order valence-corrected chi connectivity index (χ2v) is 7.84. The minimum Gasteiger partial charge on any atom is -0.356 e. The number of thiazole rings is 1. The van der Waals surface area contributed by atoms with Gasteiger partial charge in [-0.1, -0.05) is 13.3 Å². The number of piperidine rings is 1. The lowest BCUT2D eigenvalue weighted by Crippen LogP contribution is -2.50. The van der Waals surface area contributed by atoms with Crippen molar-refractivity contribution in [1.82, 2.24) is 20.5 Å². The first kappa shape index (κ1) is 19.2. The summed E-state index contributed by atoms with van der Waals surface area (Å²) in [5.41, 5.74) is 0. The summed E-state index contributed by atoms with van der Waals surface area (Å²) in [6, 6.07) is 1.23. The number of hydrogen-bond donors (Lipinski definition) is 2. The van der Waals surface area contributed by atoms with E-state index >= 15 is 0 Å². The van der Waals surface area contributed by atoms with Gasteiger partial charge in [-0.05, 0) is 39.7 Å². The summed E-state index contributed by atoms with van der Waals surface area (Å²) in [6.45, 7) is 9.85. The van der Waals surface area contributed by atoms with Crippen molar-refractivity contribution < 1.29 is 0 Å². The van der Waals surface area contributed by atoms with E-state index in [1.807, 2.05) is 24.6 Å². The lowest BCUT2D eigenvalue weighted by atomic mass is 10.0. The first-order chi connectivity index (χ1) is 11.6. The summed E-state index contributed by atoms with van der Waals surface area (Å²) < 4.78 is 0. The molecule has 1 aromatic rings. The van der Waals surface area contributed by atoms with E-state index < -0.39 is 0 Å². The van der Waals surface area contributed by atoms with E-state index in [2.05, 4.69) is 46.3 Å². The Kier molecular flexibility index (Phi) is 7.99. The Morgan fingerprint density at radius 3 is 2.96 bits per heavy atom. The third-order valence-corrected chi connectivity index (χ3v) is 5.99.